The van der Waals surface area contributed by atoms with E-state index < -0.39 is 0 Å². The molecule has 2 unspecified atom stereocenters. The molecule has 0 saturated heterocycles. The number of carbonyl (C=O) groups excluding carboxylic acids is 1. The van der Waals surface area contributed by atoms with Crippen LogP contribution in [-0.2, 0) is 11.2 Å². The molecule has 0 spiro atoms. The molecule has 1 aromatic rings. The molecule has 1 fully saturated rings. The normalized spacial score (nSPS) is 23.2. The van der Waals surface area contributed by atoms with Crippen LogP contribution in [0.3, 0.4) is 0 Å². The van der Waals surface area contributed by atoms with Gasteiger partial charge in [-0.25, -0.2) is 0 Å². The molecule has 4 heteroatoms. The lowest BCUT2D eigenvalue weighted by atomic mass is 9.93. The maximum Gasteiger partial charge on any atom is 0.236 e. The minimum atomic E-state index is -0.249. The summed E-state index contributed by atoms with van der Waals surface area (Å²) in [5, 5.41) is 3.37. The zero-order valence-corrected chi connectivity index (χ0v) is 12.0. The van der Waals surface area contributed by atoms with E-state index in [1.54, 1.807) is 0 Å². The highest BCUT2D eigenvalue weighted by molar-refractivity contribution is 5.81. The standard InChI is InChI=1S/C16H23N3O/c1-11-8-12-4-2-3-5-15(12)19(9-11)10-14(16(17)20)18-13-6-7-13/h2-5,11,13-14,18H,6-10H2,1H3,(H2,17,20). The number of fused-ring (bicyclic) bond motifs is 1. The molecule has 1 aliphatic carbocycles. The summed E-state index contributed by atoms with van der Waals surface area (Å²) in [5.74, 6) is 0.368. The van der Waals surface area contributed by atoms with Gasteiger partial charge in [-0.15, -0.1) is 0 Å². The maximum atomic E-state index is 11.7. The summed E-state index contributed by atoms with van der Waals surface area (Å²) in [4.78, 5) is 14.0. The summed E-state index contributed by atoms with van der Waals surface area (Å²) in [6.45, 7) is 3.93. The summed E-state index contributed by atoms with van der Waals surface area (Å²) < 4.78 is 0. The van der Waals surface area contributed by atoms with Crippen molar-refractivity contribution in [3.8, 4) is 0 Å². The van der Waals surface area contributed by atoms with Crippen molar-refractivity contribution in [1.82, 2.24) is 5.32 Å². The number of hydrogen-bond acceptors (Lipinski definition) is 3. The second-order valence-corrected chi connectivity index (χ2v) is 6.24. The van der Waals surface area contributed by atoms with Gasteiger partial charge in [0.2, 0.25) is 5.91 Å². The molecule has 1 aliphatic heterocycles. The summed E-state index contributed by atoms with van der Waals surface area (Å²) in [7, 11) is 0. The topological polar surface area (TPSA) is 58.4 Å². The van der Waals surface area contributed by atoms with Crippen LogP contribution >= 0.6 is 0 Å². The largest absolute Gasteiger partial charge is 0.369 e. The number of anilines is 1. The van der Waals surface area contributed by atoms with Crippen LogP contribution in [0.4, 0.5) is 5.69 Å². The Kier molecular flexibility index (Phi) is 3.66. The highest BCUT2D eigenvalue weighted by atomic mass is 16.1. The molecule has 0 radical (unpaired) electrons. The fourth-order valence-corrected chi connectivity index (χ4v) is 3.06. The molecule has 3 N–H and O–H groups in total. The minimum absolute atomic E-state index is 0.243. The number of nitrogens with zero attached hydrogens (tertiary/aromatic N) is 1. The van der Waals surface area contributed by atoms with Crippen LogP contribution in [0.2, 0.25) is 0 Å². The number of para-hydroxylation sites is 1. The Morgan fingerprint density at radius 3 is 2.90 bits per heavy atom. The number of primary amides is 1. The lowest BCUT2D eigenvalue weighted by Gasteiger charge is -2.36. The first-order valence-electron chi connectivity index (χ1n) is 7.51. The van der Waals surface area contributed by atoms with Crippen molar-refractivity contribution in [1.29, 1.82) is 0 Å². The van der Waals surface area contributed by atoms with Crippen LogP contribution in [0.25, 0.3) is 0 Å². The van der Waals surface area contributed by atoms with Gasteiger partial charge >= 0.3 is 0 Å². The fraction of sp³-hybridized carbons (Fsp3) is 0.562. The van der Waals surface area contributed by atoms with Crippen molar-refractivity contribution >= 4 is 11.6 Å². The zero-order valence-electron chi connectivity index (χ0n) is 12.0. The fourth-order valence-electron chi connectivity index (χ4n) is 3.06. The van der Waals surface area contributed by atoms with Gasteiger partial charge in [0.15, 0.2) is 0 Å². The molecule has 4 nitrogen and oxygen atoms in total. The summed E-state index contributed by atoms with van der Waals surface area (Å²) in [5.41, 5.74) is 8.19. The Labute approximate surface area is 120 Å². The lowest BCUT2D eigenvalue weighted by molar-refractivity contribution is -0.119. The van der Waals surface area contributed by atoms with E-state index in [0.717, 1.165) is 25.8 Å². The SMILES string of the molecule is CC1Cc2ccccc2N(CC(NC2CC2)C(N)=O)C1. The summed E-state index contributed by atoms with van der Waals surface area (Å²) in [6.07, 6.45) is 3.44. The zero-order chi connectivity index (χ0) is 14.1. The van der Waals surface area contributed by atoms with E-state index in [0.29, 0.717) is 18.5 Å². The number of rotatable bonds is 5. The van der Waals surface area contributed by atoms with E-state index >= 15 is 0 Å². The first-order chi connectivity index (χ1) is 9.63. The molecule has 1 heterocycles. The number of benzene rings is 1. The number of nitrogens with one attached hydrogen (secondary N) is 1. The third-order valence-corrected chi connectivity index (χ3v) is 4.19. The second kappa shape index (κ2) is 5.44. The molecule has 1 saturated carbocycles. The molecule has 0 aromatic heterocycles. The molecule has 108 valence electrons. The van der Waals surface area contributed by atoms with Crippen molar-refractivity contribution in [2.24, 2.45) is 11.7 Å². The average molecular weight is 273 g/mol. The Balaban J connectivity index is 1.76. The monoisotopic (exact) mass is 273 g/mol. The third-order valence-electron chi connectivity index (χ3n) is 4.19. The Morgan fingerprint density at radius 2 is 2.20 bits per heavy atom. The predicted molar refractivity (Wildman–Crippen MR) is 80.7 cm³/mol. The van der Waals surface area contributed by atoms with E-state index in [9.17, 15) is 4.79 Å². The molecule has 1 aromatic carbocycles. The van der Waals surface area contributed by atoms with Gasteiger partial charge in [0.25, 0.3) is 0 Å². The van der Waals surface area contributed by atoms with Gasteiger partial charge in [-0.2, -0.15) is 0 Å². The van der Waals surface area contributed by atoms with Crippen molar-refractivity contribution in [3.05, 3.63) is 29.8 Å². The van der Waals surface area contributed by atoms with Gasteiger partial charge in [-0.05, 0) is 36.8 Å². The molecule has 2 atom stereocenters. The molecule has 3 rings (SSSR count). The number of hydrogen-bond donors (Lipinski definition) is 2. The van der Waals surface area contributed by atoms with Gasteiger partial charge in [0.05, 0.1) is 0 Å². The van der Waals surface area contributed by atoms with Crippen LogP contribution in [0.15, 0.2) is 24.3 Å². The van der Waals surface area contributed by atoms with Crippen molar-refractivity contribution in [3.63, 3.8) is 0 Å². The van der Waals surface area contributed by atoms with Gasteiger partial charge in [0, 0.05) is 24.8 Å². The molecule has 20 heavy (non-hydrogen) atoms. The molecule has 0 bridgehead atoms. The highest BCUT2D eigenvalue weighted by Crippen LogP contribution is 2.29. The van der Waals surface area contributed by atoms with E-state index in [1.165, 1.54) is 11.3 Å². The van der Waals surface area contributed by atoms with Crippen LogP contribution in [0.5, 0.6) is 0 Å². The van der Waals surface area contributed by atoms with Crippen LogP contribution in [0.1, 0.15) is 25.3 Å². The third kappa shape index (κ3) is 2.96. The molecule has 1 amide bonds. The predicted octanol–water partition coefficient (Wildman–Crippen LogP) is 1.29. The Hall–Kier alpha value is -1.55. The van der Waals surface area contributed by atoms with E-state index in [2.05, 4.69) is 41.4 Å². The Bertz CT molecular complexity index is 498. The lowest BCUT2D eigenvalue weighted by Crippen LogP contribution is -2.51. The van der Waals surface area contributed by atoms with Crippen LogP contribution < -0.4 is 16.0 Å². The maximum absolute atomic E-state index is 11.7. The second-order valence-electron chi connectivity index (χ2n) is 6.24. The summed E-state index contributed by atoms with van der Waals surface area (Å²) >= 11 is 0. The molecule has 2 aliphatic rings. The van der Waals surface area contributed by atoms with Gasteiger partial charge < -0.3 is 16.0 Å². The minimum Gasteiger partial charge on any atom is -0.369 e. The molecular formula is C16H23N3O. The average Bonchev–Trinajstić information content (AvgIpc) is 3.21. The first-order valence-corrected chi connectivity index (χ1v) is 7.51. The van der Waals surface area contributed by atoms with E-state index in [-0.39, 0.29) is 11.9 Å². The smallest absolute Gasteiger partial charge is 0.236 e. The van der Waals surface area contributed by atoms with Gasteiger partial charge in [-0.3, -0.25) is 4.79 Å². The Morgan fingerprint density at radius 1 is 1.45 bits per heavy atom. The van der Waals surface area contributed by atoms with Crippen LogP contribution in [0, 0.1) is 5.92 Å². The van der Waals surface area contributed by atoms with E-state index in [4.69, 9.17) is 5.73 Å². The van der Waals surface area contributed by atoms with Crippen molar-refractivity contribution < 1.29 is 4.79 Å². The molecular weight excluding hydrogens is 250 g/mol. The number of nitrogens with two attached hydrogens (primary N) is 1. The quantitative estimate of drug-likeness (QED) is 0.850. The van der Waals surface area contributed by atoms with Crippen molar-refractivity contribution in [2.75, 3.05) is 18.0 Å². The van der Waals surface area contributed by atoms with Crippen molar-refractivity contribution in [2.45, 2.75) is 38.3 Å². The van der Waals surface area contributed by atoms with Gasteiger partial charge in [-0.1, -0.05) is 25.1 Å². The number of carbonyl (C=O) groups is 1. The highest BCUT2D eigenvalue weighted by Gasteiger charge is 2.30. The van der Waals surface area contributed by atoms with E-state index in [1.807, 2.05) is 0 Å². The van der Waals surface area contributed by atoms with Crippen LogP contribution in [-0.4, -0.2) is 31.1 Å². The van der Waals surface area contributed by atoms with Gasteiger partial charge in [0.1, 0.15) is 6.04 Å². The first kappa shape index (κ1) is 13.4. The number of amides is 1. The summed E-state index contributed by atoms with van der Waals surface area (Å²) in [6, 6.07) is 8.73.